The standard InChI is InChI=1S/C20H24F6N2O2Si/c1-18(2,3)31(4,5)30-17(20(24,25)26)15-8-9-16(29)28(15)13-7-6-12(11-27)14(10-13)19(21,22)23/h6-7,10,15,17H,8-9H2,1-5H3/t15?,17-/m1/s1. The minimum Gasteiger partial charge on any atom is -0.404 e. The number of hydrogen-bond acceptors (Lipinski definition) is 3. The van der Waals surface area contributed by atoms with E-state index in [-0.39, 0.29) is 18.5 Å². The van der Waals surface area contributed by atoms with Crippen LogP contribution >= 0.6 is 0 Å². The van der Waals surface area contributed by atoms with E-state index in [0.29, 0.717) is 6.07 Å². The Morgan fingerprint density at radius 2 is 1.74 bits per heavy atom. The van der Waals surface area contributed by atoms with Crippen molar-refractivity contribution in [2.24, 2.45) is 0 Å². The molecule has 0 saturated carbocycles. The average Bonchev–Trinajstić information content (AvgIpc) is 2.97. The number of amides is 1. The lowest BCUT2D eigenvalue weighted by Gasteiger charge is -2.42. The quantitative estimate of drug-likeness (QED) is 0.403. The molecule has 172 valence electrons. The van der Waals surface area contributed by atoms with Crippen molar-refractivity contribution < 1.29 is 35.6 Å². The van der Waals surface area contributed by atoms with Gasteiger partial charge in [0.2, 0.25) is 5.91 Å². The summed E-state index contributed by atoms with van der Waals surface area (Å²) in [6.07, 6.45) is -12.5. The molecule has 0 radical (unpaired) electrons. The van der Waals surface area contributed by atoms with Crippen molar-refractivity contribution >= 4 is 19.9 Å². The summed E-state index contributed by atoms with van der Waals surface area (Å²) < 4.78 is 87.8. The van der Waals surface area contributed by atoms with Gasteiger partial charge < -0.3 is 9.33 Å². The molecule has 1 aromatic carbocycles. The van der Waals surface area contributed by atoms with Crippen molar-refractivity contribution in [1.82, 2.24) is 0 Å². The van der Waals surface area contributed by atoms with Crippen molar-refractivity contribution in [3.63, 3.8) is 0 Å². The van der Waals surface area contributed by atoms with E-state index in [9.17, 15) is 31.1 Å². The molecule has 0 bridgehead atoms. The minimum atomic E-state index is -4.90. The molecule has 1 aliphatic heterocycles. The molecule has 0 aromatic heterocycles. The lowest BCUT2D eigenvalue weighted by atomic mass is 10.0. The van der Waals surface area contributed by atoms with E-state index in [1.54, 1.807) is 33.9 Å². The van der Waals surface area contributed by atoms with E-state index >= 15 is 0 Å². The van der Waals surface area contributed by atoms with Crippen LogP contribution < -0.4 is 4.90 Å². The molecule has 31 heavy (non-hydrogen) atoms. The Hall–Kier alpha value is -2.06. The number of halogens is 6. The third-order valence-corrected chi connectivity index (χ3v) is 10.3. The van der Waals surface area contributed by atoms with Crippen molar-refractivity contribution in [3.05, 3.63) is 29.3 Å². The molecule has 2 atom stereocenters. The number of carbonyl (C=O) groups is 1. The molecule has 0 spiro atoms. The van der Waals surface area contributed by atoms with Crippen LogP contribution in [0, 0.1) is 11.3 Å². The van der Waals surface area contributed by atoms with Crippen LogP contribution in [0.25, 0.3) is 0 Å². The van der Waals surface area contributed by atoms with Crippen LogP contribution in [-0.4, -0.2) is 32.5 Å². The molecule has 2 rings (SSSR count). The fraction of sp³-hybridized carbons (Fsp3) is 0.600. The Morgan fingerprint density at radius 3 is 2.19 bits per heavy atom. The summed E-state index contributed by atoms with van der Waals surface area (Å²) in [5, 5.41) is 8.39. The second kappa shape index (κ2) is 8.13. The smallest absolute Gasteiger partial charge is 0.404 e. The zero-order chi connectivity index (χ0) is 24.0. The number of carbonyl (C=O) groups excluding carboxylic acids is 1. The van der Waals surface area contributed by atoms with Gasteiger partial charge in [-0.15, -0.1) is 0 Å². The predicted molar refractivity (Wildman–Crippen MR) is 105 cm³/mol. The van der Waals surface area contributed by atoms with Crippen LogP contribution in [0.15, 0.2) is 18.2 Å². The van der Waals surface area contributed by atoms with Gasteiger partial charge in [-0.05, 0) is 42.8 Å². The van der Waals surface area contributed by atoms with Gasteiger partial charge in [0.1, 0.15) is 0 Å². The fourth-order valence-electron chi connectivity index (χ4n) is 3.20. The van der Waals surface area contributed by atoms with E-state index in [0.717, 1.165) is 17.0 Å². The maximum atomic E-state index is 14.0. The zero-order valence-electron chi connectivity index (χ0n) is 17.8. The Balaban J connectivity index is 2.56. The lowest BCUT2D eigenvalue weighted by Crippen LogP contribution is -2.56. The molecular formula is C20H24F6N2O2Si. The predicted octanol–water partition coefficient (Wildman–Crippen LogP) is 6.03. The van der Waals surface area contributed by atoms with Gasteiger partial charge >= 0.3 is 12.4 Å². The second-order valence-corrected chi connectivity index (χ2v) is 13.8. The van der Waals surface area contributed by atoms with E-state index in [2.05, 4.69) is 0 Å². The fourth-order valence-corrected chi connectivity index (χ4v) is 4.48. The summed E-state index contributed by atoms with van der Waals surface area (Å²) in [5.74, 6) is -0.726. The Kier molecular flexibility index (Phi) is 6.61. The van der Waals surface area contributed by atoms with Crippen LogP contribution in [0.1, 0.15) is 44.7 Å². The SMILES string of the molecule is CC(C)(C)[Si](C)(C)O[C@H](C1CCC(=O)N1c1ccc(C#N)c(C(F)(F)F)c1)C(F)(F)F. The normalized spacial score (nSPS) is 19.5. The van der Waals surface area contributed by atoms with Crippen molar-refractivity contribution in [1.29, 1.82) is 5.26 Å². The van der Waals surface area contributed by atoms with Gasteiger partial charge in [-0.3, -0.25) is 4.79 Å². The number of hydrogen-bond donors (Lipinski definition) is 0. The number of alkyl halides is 6. The molecule has 1 saturated heterocycles. The number of rotatable bonds is 4. The molecule has 11 heteroatoms. The first-order valence-electron chi connectivity index (χ1n) is 9.58. The summed E-state index contributed by atoms with van der Waals surface area (Å²) in [6.45, 7) is 8.56. The Morgan fingerprint density at radius 1 is 1.16 bits per heavy atom. The van der Waals surface area contributed by atoms with Crippen LogP contribution in [0.2, 0.25) is 18.1 Å². The number of nitrogens with zero attached hydrogens (tertiary/aromatic N) is 2. The van der Waals surface area contributed by atoms with Crippen molar-refractivity contribution in [3.8, 4) is 6.07 Å². The Labute approximate surface area is 177 Å². The third kappa shape index (κ3) is 5.23. The molecule has 1 heterocycles. The van der Waals surface area contributed by atoms with Crippen LogP contribution in [0.5, 0.6) is 0 Å². The van der Waals surface area contributed by atoms with Gasteiger partial charge in [0, 0.05) is 12.1 Å². The van der Waals surface area contributed by atoms with E-state index < -0.39 is 54.9 Å². The largest absolute Gasteiger partial charge is 0.417 e. The number of anilines is 1. The van der Waals surface area contributed by atoms with Crippen molar-refractivity contribution in [2.45, 2.75) is 76.2 Å². The maximum Gasteiger partial charge on any atom is 0.417 e. The molecule has 0 aliphatic carbocycles. The average molecular weight is 466 g/mol. The van der Waals surface area contributed by atoms with Gasteiger partial charge in [-0.1, -0.05) is 20.8 Å². The molecule has 1 amide bonds. The van der Waals surface area contributed by atoms with Gasteiger partial charge in [-0.2, -0.15) is 31.6 Å². The highest BCUT2D eigenvalue weighted by molar-refractivity contribution is 6.74. The van der Waals surface area contributed by atoms with E-state index in [1.807, 2.05) is 0 Å². The summed E-state index contributed by atoms with van der Waals surface area (Å²) in [5.41, 5.74) is -2.32. The second-order valence-electron chi connectivity index (χ2n) is 9.05. The molecule has 1 aromatic rings. The first-order valence-corrected chi connectivity index (χ1v) is 12.5. The molecule has 1 aliphatic rings. The highest BCUT2D eigenvalue weighted by atomic mass is 28.4. The van der Waals surface area contributed by atoms with Gasteiger partial charge in [0.25, 0.3) is 0 Å². The number of benzene rings is 1. The zero-order valence-corrected chi connectivity index (χ0v) is 18.8. The molecular weight excluding hydrogens is 442 g/mol. The highest BCUT2D eigenvalue weighted by Gasteiger charge is 2.55. The van der Waals surface area contributed by atoms with Gasteiger partial charge in [0.15, 0.2) is 14.4 Å². The van der Waals surface area contributed by atoms with Crippen molar-refractivity contribution in [2.75, 3.05) is 4.90 Å². The molecule has 1 unspecified atom stereocenters. The number of nitriles is 1. The first-order chi connectivity index (χ1) is 13.9. The van der Waals surface area contributed by atoms with E-state index in [1.165, 1.54) is 6.07 Å². The first kappa shape index (κ1) is 25.2. The van der Waals surface area contributed by atoms with Gasteiger partial charge in [0.05, 0.1) is 23.2 Å². The van der Waals surface area contributed by atoms with Gasteiger partial charge in [-0.25, -0.2) is 0 Å². The van der Waals surface area contributed by atoms with E-state index in [4.69, 9.17) is 9.69 Å². The molecule has 1 fully saturated rings. The molecule has 0 N–H and O–H groups in total. The minimum absolute atomic E-state index is 0.209. The highest BCUT2D eigenvalue weighted by Crippen LogP contribution is 2.44. The summed E-state index contributed by atoms with van der Waals surface area (Å²) in [6, 6.07) is 2.38. The molecule has 4 nitrogen and oxygen atoms in total. The van der Waals surface area contributed by atoms with Crippen LogP contribution in [-0.2, 0) is 15.4 Å². The topological polar surface area (TPSA) is 53.3 Å². The van der Waals surface area contributed by atoms with Crippen LogP contribution in [0.4, 0.5) is 32.0 Å². The summed E-state index contributed by atoms with van der Waals surface area (Å²) >= 11 is 0. The maximum absolute atomic E-state index is 14.0. The summed E-state index contributed by atoms with van der Waals surface area (Å²) in [4.78, 5) is 13.2. The Bertz CT molecular complexity index is 884. The summed E-state index contributed by atoms with van der Waals surface area (Å²) in [7, 11) is -2.93. The third-order valence-electron chi connectivity index (χ3n) is 5.86. The monoisotopic (exact) mass is 466 g/mol. The lowest BCUT2D eigenvalue weighted by molar-refractivity contribution is -0.203. The van der Waals surface area contributed by atoms with Crippen LogP contribution in [0.3, 0.4) is 0 Å².